The van der Waals surface area contributed by atoms with Crippen molar-refractivity contribution in [3.8, 4) is 6.07 Å². The van der Waals surface area contributed by atoms with Crippen molar-refractivity contribution in [2.45, 2.75) is 46.1 Å². The maximum Gasteiger partial charge on any atom is 0.285 e. The molecule has 0 saturated heterocycles. The van der Waals surface area contributed by atoms with Crippen molar-refractivity contribution in [3.63, 3.8) is 0 Å². The van der Waals surface area contributed by atoms with E-state index in [2.05, 4.69) is 5.10 Å². The van der Waals surface area contributed by atoms with Crippen LogP contribution >= 0.6 is 0 Å². The summed E-state index contributed by atoms with van der Waals surface area (Å²) in [5.41, 5.74) is 3.84. The number of aromatic nitrogens is 2. The van der Waals surface area contributed by atoms with E-state index in [1.54, 1.807) is 13.8 Å². The van der Waals surface area contributed by atoms with Gasteiger partial charge in [-0.1, -0.05) is 12.1 Å². The van der Waals surface area contributed by atoms with E-state index in [9.17, 15) is 9.59 Å². The zero-order valence-electron chi connectivity index (χ0n) is 13.9. The van der Waals surface area contributed by atoms with E-state index in [-0.39, 0.29) is 17.9 Å². The Morgan fingerprint density at radius 1 is 1.25 bits per heavy atom. The molecule has 2 aromatic rings. The van der Waals surface area contributed by atoms with E-state index in [0.717, 1.165) is 23.9 Å². The quantitative estimate of drug-likeness (QED) is 0.814. The van der Waals surface area contributed by atoms with Crippen LogP contribution in [0.4, 0.5) is 0 Å². The number of nitrogens with zero attached hydrogens (tertiary/aromatic N) is 3. The Balaban J connectivity index is 1.92. The summed E-state index contributed by atoms with van der Waals surface area (Å²) in [6, 6.07) is 7.69. The molecule has 1 aromatic heterocycles. The van der Waals surface area contributed by atoms with Crippen LogP contribution in [0.1, 0.15) is 51.1 Å². The highest BCUT2D eigenvalue weighted by Gasteiger charge is 2.16. The molecule has 1 heterocycles. The normalized spacial score (nSPS) is 13.2. The average molecular weight is 321 g/mol. The fourth-order valence-electron chi connectivity index (χ4n) is 3.14. The van der Waals surface area contributed by atoms with E-state index in [1.165, 1.54) is 17.5 Å². The molecule has 0 spiro atoms. The first-order chi connectivity index (χ1) is 11.5. The first-order valence-corrected chi connectivity index (χ1v) is 8.14. The molecule has 3 rings (SSSR count). The molecule has 0 atom stereocenters. The van der Waals surface area contributed by atoms with Gasteiger partial charge < -0.3 is 0 Å². The number of carbonyl (C=O) groups is 1. The topological polar surface area (TPSA) is 75.8 Å². The Labute approximate surface area is 140 Å². The molecule has 5 nitrogen and oxygen atoms in total. The number of aryl methyl sites for hydroxylation is 3. The summed E-state index contributed by atoms with van der Waals surface area (Å²) < 4.78 is 1.10. The molecule has 1 aromatic carbocycles. The second-order valence-electron chi connectivity index (χ2n) is 6.27. The number of hydrogen-bond acceptors (Lipinski definition) is 4. The number of benzene rings is 1. The number of fused-ring (bicyclic) bond motifs is 1. The lowest BCUT2D eigenvalue weighted by Crippen LogP contribution is -2.30. The third-order valence-electron chi connectivity index (χ3n) is 4.71. The lowest BCUT2D eigenvalue weighted by molar-refractivity contribution is 0.0965. The maximum absolute atomic E-state index is 12.6. The minimum Gasteiger partial charge on any atom is -0.292 e. The SMILES string of the molecule is Cc1nn(CC(=O)c2ccc3c(c2)CCCC3)c(=O)c(C#N)c1C. The summed E-state index contributed by atoms with van der Waals surface area (Å²) in [5, 5.41) is 13.3. The Morgan fingerprint density at radius 3 is 2.67 bits per heavy atom. The highest BCUT2D eigenvalue weighted by Crippen LogP contribution is 2.22. The van der Waals surface area contributed by atoms with Gasteiger partial charge in [-0.05, 0) is 62.3 Å². The average Bonchev–Trinajstić information content (AvgIpc) is 2.59. The molecule has 1 aliphatic carbocycles. The Hall–Kier alpha value is -2.74. The fraction of sp³-hybridized carbons (Fsp3) is 0.368. The summed E-state index contributed by atoms with van der Waals surface area (Å²) in [5.74, 6) is -0.162. The van der Waals surface area contributed by atoms with Crippen LogP contribution in [0.25, 0.3) is 0 Å². The van der Waals surface area contributed by atoms with Crippen LogP contribution in [0.2, 0.25) is 0 Å². The molecule has 0 saturated carbocycles. The van der Waals surface area contributed by atoms with Crippen LogP contribution in [-0.4, -0.2) is 15.6 Å². The van der Waals surface area contributed by atoms with Gasteiger partial charge in [-0.25, -0.2) is 4.68 Å². The third-order valence-corrected chi connectivity index (χ3v) is 4.71. The second-order valence-corrected chi connectivity index (χ2v) is 6.27. The first-order valence-electron chi connectivity index (χ1n) is 8.14. The minimum absolute atomic E-state index is 0.0562. The summed E-state index contributed by atoms with van der Waals surface area (Å²) in [7, 11) is 0. The fourth-order valence-corrected chi connectivity index (χ4v) is 3.14. The lowest BCUT2D eigenvalue weighted by Gasteiger charge is -2.16. The molecule has 122 valence electrons. The van der Waals surface area contributed by atoms with Crippen LogP contribution in [0.15, 0.2) is 23.0 Å². The van der Waals surface area contributed by atoms with E-state index in [1.807, 2.05) is 24.3 Å². The molecule has 5 heteroatoms. The predicted octanol–water partition coefficient (Wildman–Crippen LogP) is 2.49. The van der Waals surface area contributed by atoms with Gasteiger partial charge in [0.15, 0.2) is 5.78 Å². The monoisotopic (exact) mass is 321 g/mol. The summed E-state index contributed by atoms with van der Waals surface area (Å²) in [6.07, 6.45) is 4.40. The number of rotatable bonds is 3. The van der Waals surface area contributed by atoms with Gasteiger partial charge in [0.05, 0.1) is 5.69 Å². The van der Waals surface area contributed by atoms with Crippen molar-refractivity contribution in [1.29, 1.82) is 5.26 Å². The van der Waals surface area contributed by atoms with Crippen LogP contribution < -0.4 is 5.56 Å². The van der Waals surface area contributed by atoms with Crippen molar-refractivity contribution in [1.82, 2.24) is 9.78 Å². The van der Waals surface area contributed by atoms with Gasteiger partial charge in [0.1, 0.15) is 18.2 Å². The standard InChI is InChI=1S/C19H19N3O2/c1-12-13(2)21-22(19(24)17(12)10-20)11-18(23)16-8-7-14-5-3-4-6-15(14)9-16/h7-9H,3-6,11H2,1-2H3. The molecule has 0 aliphatic heterocycles. The Kier molecular flexibility index (Phi) is 4.30. The van der Waals surface area contributed by atoms with Crippen LogP contribution in [0.5, 0.6) is 0 Å². The van der Waals surface area contributed by atoms with Crippen molar-refractivity contribution in [2.24, 2.45) is 0 Å². The lowest BCUT2D eigenvalue weighted by atomic mass is 9.90. The number of hydrogen-bond donors (Lipinski definition) is 0. The molecule has 1 aliphatic rings. The highest BCUT2D eigenvalue weighted by molar-refractivity contribution is 5.96. The molecule has 0 bridgehead atoms. The first kappa shape index (κ1) is 16.1. The van der Waals surface area contributed by atoms with Gasteiger partial charge in [-0.15, -0.1) is 0 Å². The van der Waals surface area contributed by atoms with Gasteiger partial charge in [-0.3, -0.25) is 9.59 Å². The third kappa shape index (κ3) is 2.88. The molecule has 0 amide bonds. The van der Waals surface area contributed by atoms with Gasteiger partial charge in [0.25, 0.3) is 5.56 Å². The Bertz CT molecular complexity index is 919. The summed E-state index contributed by atoms with van der Waals surface area (Å²) >= 11 is 0. The van der Waals surface area contributed by atoms with E-state index in [0.29, 0.717) is 16.8 Å². The van der Waals surface area contributed by atoms with Crippen molar-refractivity contribution < 1.29 is 4.79 Å². The Morgan fingerprint density at radius 2 is 1.96 bits per heavy atom. The van der Waals surface area contributed by atoms with Gasteiger partial charge in [0, 0.05) is 5.56 Å². The van der Waals surface area contributed by atoms with E-state index < -0.39 is 5.56 Å². The summed E-state index contributed by atoms with van der Waals surface area (Å²) in [6.45, 7) is 3.28. The second kappa shape index (κ2) is 6.40. The van der Waals surface area contributed by atoms with Gasteiger partial charge in [0.2, 0.25) is 0 Å². The highest BCUT2D eigenvalue weighted by atomic mass is 16.1. The molecule has 0 unspecified atom stereocenters. The van der Waals surface area contributed by atoms with Crippen LogP contribution in [0, 0.1) is 25.2 Å². The van der Waals surface area contributed by atoms with Crippen LogP contribution in [-0.2, 0) is 19.4 Å². The number of carbonyl (C=O) groups excluding carboxylic acids is 1. The summed E-state index contributed by atoms with van der Waals surface area (Å²) in [4.78, 5) is 24.9. The number of ketones is 1. The van der Waals surface area contributed by atoms with Gasteiger partial charge in [-0.2, -0.15) is 10.4 Å². The number of Topliss-reactive ketones (excluding diaryl/α,β-unsaturated/α-hetero) is 1. The maximum atomic E-state index is 12.6. The largest absolute Gasteiger partial charge is 0.292 e. The molecular formula is C19H19N3O2. The van der Waals surface area contributed by atoms with E-state index >= 15 is 0 Å². The number of nitriles is 1. The van der Waals surface area contributed by atoms with Gasteiger partial charge >= 0.3 is 0 Å². The molecule has 0 N–H and O–H groups in total. The molecule has 0 radical (unpaired) electrons. The van der Waals surface area contributed by atoms with Crippen molar-refractivity contribution in [3.05, 3.63) is 62.1 Å². The predicted molar refractivity (Wildman–Crippen MR) is 90.1 cm³/mol. The molecule has 0 fully saturated rings. The zero-order valence-corrected chi connectivity index (χ0v) is 13.9. The van der Waals surface area contributed by atoms with Crippen molar-refractivity contribution in [2.75, 3.05) is 0 Å². The smallest absolute Gasteiger partial charge is 0.285 e. The zero-order chi connectivity index (χ0) is 17.3. The minimum atomic E-state index is -0.507. The van der Waals surface area contributed by atoms with E-state index in [4.69, 9.17) is 5.26 Å². The van der Waals surface area contributed by atoms with Crippen molar-refractivity contribution >= 4 is 5.78 Å². The van der Waals surface area contributed by atoms with Crippen LogP contribution in [0.3, 0.4) is 0 Å². The molecule has 24 heavy (non-hydrogen) atoms. The molecular weight excluding hydrogens is 302 g/mol.